The van der Waals surface area contributed by atoms with Gasteiger partial charge in [0.2, 0.25) is 0 Å². The number of guanidine groups is 1. The van der Waals surface area contributed by atoms with Crippen molar-refractivity contribution in [3.63, 3.8) is 0 Å². The summed E-state index contributed by atoms with van der Waals surface area (Å²) >= 11 is 0. The molecule has 0 aromatic heterocycles. The molecule has 1 aromatic rings. The fraction of sp³-hybridized carbons (Fsp3) is 0.650. The lowest BCUT2D eigenvalue weighted by molar-refractivity contribution is 0.292. The normalized spacial score (nSPS) is 17.7. The summed E-state index contributed by atoms with van der Waals surface area (Å²) in [5.74, 6) is 1.78. The van der Waals surface area contributed by atoms with Crippen LogP contribution in [-0.4, -0.2) is 30.0 Å². The van der Waals surface area contributed by atoms with Gasteiger partial charge in [-0.15, -0.1) is 0 Å². The molecule has 0 saturated heterocycles. The molecule has 0 radical (unpaired) electrons. The molecule has 0 saturated carbocycles. The Morgan fingerprint density at radius 1 is 1.13 bits per heavy atom. The smallest absolute Gasteiger partial charge is 0.198 e. The minimum atomic E-state index is 0.562. The summed E-state index contributed by atoms with van der Waals surface area (Å²) in [6.07, 6.45) is 7.85. The summed E-state index contributed by atoms with van der Waals surface area (Å²) in [5, 5.41) is 3.52. The van der Waals surface area contributed by atoms with Crippen LogP contribution in [0.4, 0.5) is 5.69 Å². The van der Waals surface area contributed by atoms with Crippen LogP contribution in [0.25, 0.3) is 0 Å². The molecule has 1 atom stereocenters. The van der Waals surface area contributed by atoms with Gasteiger partial charge in [-0.1, -0.05) is 64.7 Å². The van der Waals surface area contributed by atoms with E-state index in [9.17, 15) is 0 Å². The van der Waals surface area contributed by atoms with E-state index < -0.39 is 0 Å². The molecular weight excluding hydrogens is 282 g/mol. The molecule has 3 nitrogen and oxygen atoms in total. The molecule has 0 unspecified atom stereocenters. The second kappa shape index (κ2) is 9.59. The van der Waals surface area contributed by atoms with E-state index in [1.165, 1.54) is 38.5 Å². The van der Waals surface area contributed by atoms with Gasteiger partial charge in [0.1, 0.15) is 0 Å². The highest BCUT2D eigenvalue weighted by Gasteiger charge is 2.27. The van der Waals surface area contributed by atoms with Crippen LogP contribution in [0.3, 0.4) is 0 Å². The molecule has 2 rings (SSSR count). The lowest BCUT2D eigenvalue weighted by Crippen LogP contribution is -2.41. The third-order valence-corrected chi connectivity index (χ3v) is 4.44. The third-order valence-electron chi connectivity index (χ3n) is 4.44. The Bertz CT molecular complexity index is 467. The average Bonchev–Trinajstić information content (AvgIpc) is 2.89. The van der Waals surface area contributed by atoms with Crippen molar-refractivity contribution in [3.05, 3.63) is 30.3 Å². The highest BCUT2D eigenvalue weighted by molar-refractivity contribution is 5.95. The molecule has 1 aliphatic heterocycles. The maximum Gasteiger partial charge on any atom is 0.198 e. The number of nitrogens with zero attached hydrogens (tertiary/aromatic N) is 2. The Morgan fingerprint density at radius 3 is 2.57 bits per heavy atom. The minimum Gasteiger partial charge on any atom is -0.338 e. The molecule has 0 bridgehead atoms. The molecule has 23 heavy (non-hydrogen) atoms. The van der Waals surface area contributed by atoms with Crippen molar-refractivity contribution in [1.29, 1.82) is 0 Å². The zero-order valence-corrected chi connectivity index (χ0v) is 15.1. The fourth-order valence-corrected chi connectivity index (χ4v) is 3.24. The third kappa shape index (κ3) is 5.89. The van der Waals surface area contributed by atoms with E-state index in [0.717, 1.165) is 24.7 Å². The van der Waals surface area contributed by atoms with Gasteiger partial charge in [-0.2, -0.15) is 0 Å². The SMILES string of the molecule is CCCCCCCN1C(Nc2ccccc2)=NC[C@@H]1CC(C)C. The van der Waals surface area contributed by atoms with Crippen LogP contribution < -0.4 is 5.32 Å². The lowest BCUT2D eigenvalue weighted by atomic mass is 10.0. The van der Waals surface area contributed by atoms with E-state index in [0.29, 0.717) is 12.0 Å². The van der Waals surface area contributed by atoms with Gasteiger partial charge in [-0.25, -0.2) is 0 Å². The van der Waals surface area contributed by atoms with Crippen LogP contribution in [0.15, 0.2) is 35.3 Å². The number of para-hydroxylation sites is 1. The number of unbranched alkanes of at least 4 members (excludes halogenated alkanes) is 4. The second-order valence-corrected chi connectivity index (χ2v) is 7.05. The maximum atomic E-state index is 4.79. The van der Waals surface area contributed by atoms with E-state index in [1.807, 2.05) is 0 Å². The van der Waals surface area contributed by atoms with Crippen molar-refractivity contribution in [2.45, 2.75) is 65.3 Å². The van der Waals surface area contributed by atoms with Crippen molar-refractivity contribution < 1.29 is 0 Å². The number of benzene rings is 1. The van der Waals surface area contributed by atoms with Gasteiger partial charge in [-0.05, 0) is 30.9 Å². The van der Waals surface area contributed by atoms with Gasteiger partial charge < -0.3 is 10.2 Å². The highest BCUT2D eigenvalue weighted by atomic mass is 15.4. The van der Waals surface area contributed by atoms with Crippen LogP contribution in [0.2, 0.25) is 0 Å². The molecule has 128 valence electrons. The summed E-state index contributed by atoms with van der Waals surface area (Å²) in [6.45, 7) is 8.94. The van der Waals surface area contributed by atoms with Crippen molar-refractivity contribution >= 4 is 11.6 Å². The van der Waals surface area contributed by atoms with Gasteiger partial charge in [-0.3, -0.25) is 4.99 Å². The van der Waals surface area contributed by atoms with Crippen LogP contribution in [0.5, 0.6) is 0 Å². The molecule has 0 fully saturated rings. The minimum absolute atomic E-state index is 0.562. The second-order valence-electron chi connectivity index (χ2n) is 7.05. The molecule has 3 heteroatoms. The molecule has 1 N–H and O–H groups in total. The quantitative estimate of drug-likeness (QED) is 0.638. The molecule has 0 spiro atoms. The molecule has 0 amide bonds. The van der Waals surface area contributed by atoms with E-state index in [4.69, 9.17) is 4.99 Å². The van der Waals surface area contributed by atoms with Crippen molar-refractivity contribution in [1.82, 2.24) is 4.90 Å². The van der Waals surface area contributed by atoms with Crippen molar-refractivity contribution in [2.75, 3.05) is 18.4 Å². The first-order valence-electron chi connectivity index (χ1n) is 9.34. The first kappa shape index (κ1) is 17.8. The largest absolute Gasteiger partial charge is 0.338 e. The summed E-state index contributed by atoms with van der Waals surface area (Å²) in [4.78, 5) is 7.31. The van der Waals surface area contributed by atoms with Crippen LogP contribution >= 0.6 is 0 Å². The topological polar surface area (TPSA) is 27.6 Å². The van der Waals surface area contributed by atoms with Crippen LogP contribution in [-0.2, 0) is 0 Å². The average molecular weight is 316 g/mol. The van der Waals surface area contributed by atoms with Gasteiger partial charge in [0.15, 0.2) is 5.96 Å². The van der Waals surface area contributed by atoms with E-state index >= 15 is 0 Å². The Morgan fingerprint density at radius 2 is 1.87 bits per heavy atom. The molecule has 1 heterocycles. The van der Waals surface area contributed by atoms with Gasteiger partial charge in [0.25, 0.3) is 0 Å². The van der Waals surface area contributed by atoms with Crippen LogP contribution in [0.1, 0.15) is 59.3 Å². The Hall–Kier alpha value is -1.51. The van der Waals surface area contributed by atoms with E-state index in [-0.39, 0.29) is 0 Å². The number of rotatable bonds is 9. The van der Waals surface area contributed by atoms with Crippen molar-refractivity contribution in [3.8, 4) is 0 Å². The van der Waals surface area contributed by atoms with Gasteiger partial charge >= 0.3 is 0 Å². The first-order chi connectivity index (χ1) is 11.2. The summed E-state index contributed by atoms with van der Waals surface area (Å²) < 4.78 is 0. The predicted octanol–water partition coefficient (Wildman–Crippen LogP) is 5.16. The molecule has 0 aliphatic carbocycles. The van der Waals surface area contributed by atoms with Crippen LogP contribution in [0, 0.1) is 5.92 Å². The van der Waals surface area contributed by atoms with E-state index in [1.54, 1.807) is 0 Å². The summed E-state index contributed by atoms with van der Waals surface area (Å²) in [5.41, 5.74) is 1.13. The van der Waals surface area contributed by atoms with Crippen molar-refractivity contribution in [2.24, 2.45) is 10.9 Å². The summed E-state index contributed by atoms with van der Waals surface area (Å²) in [7, 11) is 0. The molecule has 1 aliphatic rings. The number of nitrogens with one attached hydrogen (secondary N) is 1. The number of hydrogen-bond donors (Lipinski definition) is 1. The molecule has 1 aromatic carbocycles. The van der Waals surface area contributed by atoms with Gasteiger partial charge in [0.05, 0.1) is 12.6 Å². The molecular formula is C20H33N3. The number of aliphatic imine (C=N–C) groups is 1. The van der Waals surface area contributed by atoms with Gasteiger partial charge in [0, 0.05) is 12.2 Å². The number of hydrogen-bond acceptors (Lipinski definition) is 3. The Balaban J connectivity index is 1.92. The fourth-order valence-electron chi connectivity index (χ4n) is 3.24. The first-order valence-corrected chi connectivity index (χ1v) is 9.34. The lowest BCUT2D eigenvalue weighted by Gasteiger charge is -2.29. The van der Waals surface area contributed by atoms with E-state index in [2.05, 4.69) is 61.3 Å². The maximum absolute atomic E-state index is 4.79. The zero-order valence-electron chi connectivity index (χ0n) is 15.1. The summed E-state index contributed by atoms with van der Waals surface area (Å²) in [6, 6.07) is 11.0. The zero-order chi connectivity index (χ0) is 16.5. The highest BCUT2D eigenvalue weighted by Crippen LogP contribution is 2.20. The Labute approximate surface area is 142 Å². The monoisotopic (exact) mass is 315 g/mol. The Kier molecular flexibility index (Phi) is 7.44. The number of anilines is 1. The predicted molar refractivity (Wildman–Crippen MR) is 101 cm³/mol. The standard InChI is InChI=1S/C20H33N3/c1-4-5-6-7-11-14-23-19(15-17(2)3)16-21-20(23)22-18-12-9-8-10-13-18/h8-10,12-13,17,19H,4-7,11,14-16H2,1-3H3,(H,21,22)/t19-/m0/s1.